The summed E-state index contributed by atoms with van der Waals surface area (Å²) in [7, 11) is 1.69. The fraction of sp³-hybridized carbons (Fsp3) is 0.444. The predicted molar refractivity (Wildman–Crippen MR) is 131 cm³/mol. The van der Waals surface area contributed by atoms with Crippen LogP contribution in [0.5, 0.6) is 11.5 Å². The van der Waals surface area contributed by atoms with E-state index in [-0.39, 0.29) is 18.1 Å². The molecule has 1 aliphatic heterocycles. The predicted octanol–water partition coefficient (Wildman–Crippen LogP) is 4.71. The lowest BCUT2D eigenvalue weighted by Gasteiger charge is -2.42. The molecule has 1 atom stereocenters. The van der Waals surface area contributed by atoms with Gasteiger partial charge in [-0.2, -0.15) is 0 Å². The van der Waals surface area contributed by atoms with Crippen molar-refractivity contribution in [2.45, 2.75) is 51.3 Å². The molecular formula is C27H33N3O3. The van der Waals surface area contributed by atoms with Gasteiger partial charge in [-0.1, -0.05) is 24.3 Å². The Balaban J connectivity index is 1.37. The summed E-state index contributed by atoms with van der Waals surface area (Å²) >= 11 is 0. The lowest BCUT2D eigenvalue weighted by molar-refractivity contribution is -0.131. The molecule has 1 saturated carbocycles. The Morgan fingerprint density at radius 2 is 1.73 bits per heavy atom. The molecular weight excluding hydrogens is 414 g/mol. The first-order chi connectivity index (χ1) is 16.1. The first kappa shape index (κ1) is 21.7. The summed E-state index contributed by atoms with van der Waals surface area (Å²) in [5.74, 6) is 1.74. The monoisotopic (exact) mass is 447 g/mol. The van der Waals surface area contributed by atoms with Crippen LogP contribution < -0.4 is 14.4 Å². The topological polar surface area (TPSA) is 46.9 Å². The number of amides is 1. The fourth-order valence-electron chi connectivity index (χ4n) is 5.29. The smallest absolute Gasteiger partial charge is 0.219 e. The van der Waals surface area contributed by atoms with Gasteiger partial charge in [0, 0.05) is 57.3 Å². The van der Waals surface area contributed by atoms with Crippen molar-refractivity contribution in [3.63, 3.8) is 0 Å². The Bertz CT molecular complexity index is 1090. The van der Waals surface area contributed by atoms with Crippen molar-refractivity contribution in [1.82, 2.24) is 9.47 Å². The highest BCUT2D eigenvalue weighted by Gasteiger charge is 2.30. The van der Waals surface area contributed by atoms with E-state index in [1.807, 2.05) is 11.0 Å². The number of anilines is 1. The summed E-state index contributed by atoms with van der Waals surface area (Å²) in [5, 5.41) is 2.45. The van der Waals surface area contributed by atoms with E-state index in [0.29, 0.717) is 6.54 Å². The van der Waals surface area contributed by atoms with Crippen LogP contribution in [0.15, 0.2) is 54.9 Å². The number of hydrogen-bond acceptors (Lipinski definition) is 4. The molecule has 0 unspecified atom stereocenters. The van der Waals surface area contributed by atoms with E-state index in [1.165, 1.54) is 23.6 Å². The molecule has 2 aromatic carbocycles. The van der Waals surface area contributed by atoms with Crippen LogP contribution in [0.2, 0.25) is 0 Å². The Hall–Kier alpha value is -3.15. The molecule has 0 radical (unpaired) electrons. The Kier molecular flexibility index (Phi) is 6.16. The third-order valence-corrected chi connectivity index (χ3v) is 7.02. The molecule has 6 nitrogen and oxygen atoms in total. The zero-order valence-electron chi connectivity index (χ0n) is 19.6. The van der Waals surface area contributed by atoms with Gasteiger partial charge in [0.15, 0.2) is 11.5 Å². The fourth-order valence-corrected chi connectivity index (χ4v) is 5.29. The second-order valence-electron chi connectivity index (χ2n) is 9.26. The molecule has 174 valence electrons. The molecule has 1 aromatic heterocycles. The van der Waals surface area contributed by atoms with E-state index in [9.17, 15) is 4.79 Å². The second kappa shape index (κ2) is 9.38. The molecule has 1 amide bonds. The quantitative estimate of drug-likeness (QED) is 0.549. The SMILES string of the molecule is COc1ccc(N2CCN(C(C)=O)[C@@H](Cn3cc4ccccc4c3)C2)cc1OC1CCCC1. The van der Waals surface area contributed by atoms with Gasteiger partial charge in [0.1, 0.15) is 0 Å². The number of carbonyl (C=O) groups excluding carboxylic acids is 1. The van der Waals surface area contributed by atoms with Crippen LogP contribution in [0.25, 0.3) is 10.8 Å². The normalized spacial score (nSPS) is 19.3. The maximum Gasteiger partial charge on any atom is 0.219 e. The van der Waals surface area contributed by atoms with Crippen LogP contribution in [-0.4, -0.2) is 54.3 Å². The van der Waals surface area contributed by atoms with Crippen LogP contribution in [0.4, 0.5) is 5.69 Å². The van der Waals surface area contributed by atoms with E-state index in [0.717, 1.165) is 49.7 Å². The van der Waals surface area contributed by atoms with Crippen molar-refractivity contribution in [2.24, 2.45) is 0 Å². The van der Waals surface area contributed by atoms with Gasteiger partial charge in [-0.25, -0.2) is 0 Å². The van der Waals surface area contributed by atoms with Crippen LogP contribution in [0.1, 0.15) is 32.6 Å². The molecule has 0 bridgehead atoms. The first-order valence-electron chi connectivity index (χ1n) is 12.0. The van der Waals surface area contributed by atoms with E-state index in [1.54, 1.807) is 14.0 Å². The van der Waals surface area contributed by atoms with Crippen LogP contribution >= 0.6 is 0 Å². The van der Waals surface area contributed by atoms with Crippen LogP contribution in [0.3, 0.4) is 0 Å². The van der Waals surface area contributed by atoms with Crippen LogP contribution in [-0.2, 0) is 11.3 Å². The number of aromatic nitrogens is 1. The molecule has 2 aliphatic rings. The molecule has 33 heavy (non-hydrogen) atoms. The minimum Gasteiger partial charge on any atom is -0.493 e. The van der Waals surface area contributed by atoms with Gasteiger partial charge in [-0.15, -0.1) is 0 Å². The van der Waals surface area contributed by atoms with Gasteiger partial charge in [0.25, 0.3) is 0 Å². The average molecular weight is 448 g/mol. The molecule has 2 heterocycles. The summed E-state index contributed by atoms with van der Waals surface area (Å²) < 4.78 is 14.1. The van der Waals surface area contributed by atoms with Crippen molar-refractivity contribution >= 4 is 22.4 Å². The van der Waals surface area contributed by atoms with Gasteiger partial charge in [0.05, 0.1) is 19.3 Å². The average Bonchev–Trinajstić information content (AvgIpc) is 3.48. The molecule has 3 aromatic rings. The van der Waals surface area contributed by atoms with E-state index in [2.05, 4.69) is 58.3 Å². The molecule has 0 spiro atoms. The Morgan fingerprint density at radius 1 is 1.00 bits per heavy atom. The number of ether oxygens (including phenoxy) is 2. The first-order valence-corrected chi connectivity index (χ1v) is 12.0. The summed E-state index contributed by atoms with van der Waals surface area (Å²) in [6.45, 7) is 4.75. The zero-order chi connectivity index (χ0) is 22.8. The van der Waals surface area contributed by atoms with Crippen LogP contribution in [0, 0.1) is 0 Å². The summed E-state index contributed by atoms with van der Waals surface area (Å²) in [5.41, 5.74) is 1.12. The Labute approximate surface area is 195 Å². The minimum atomic E-state index is 0.0966. The van der Waals surface area contributed by atoms with Crippen molar-refractivity contribution in [2.75, 3.05) is 31.6 Å². The number of piperazine rings is 1. The number of benzene rings is 2. The highest BCUT2D eigenvalue weighted by Crippen LogP contribution is 2.35. The van der Waals surface area contributed by atoms with Gasteiger partial charge in [-0.3, -0.25) is 4.79 Å². The standard InChI is InChI=1S/C27H33N3O3/c1-20(31)30-14-13-29(19-24(30)18-28-16-21-7-3-4-8-22(21)17-28)23-11-12-26(32-2)27(15-23)33-25-9-5-6-10-25/h3-4,7-8,11-12,15-17,24-25H,5-6,9-10,13-14,18-19H2,1-2H3/t24-/m0/s1. The van der Waals surface area contributed by atoms with Crippen molar-refractivity contribution < 1.29 is 14.3 Å². The Morgan fingerprint density at radius 3 is 2.39 bits per heavy atom. The lowest BCUT2D eigenvalue weighted by atomic mass is 10.1. The molecule has 2 fully saturated rings. The minimum absolute atomic E-state index is 0.0966. The number of hydrogen-bond donors (Lipinski definition) is 0. The summed E-state index contributed by atoms with van der Waals surface area (Å²) in [6.07, 6.45) is 9.31. The highest BCUT2D eigenvalue weighted by molar-refractivity contribution is 5.82. The van der Waals surface area contributed by atoms with Crippen molar-refractivity contribution in [3.8, 4) is 11.5 Å². The summed E-state index contributed by atoms with van der Waals surface area (Å²) in [6, 6.07) is 14.7. The van der Waals surface area contributed by atoms with Gasteiger partial charge >= 0.3 is 0 Å². The van der Waals surface area contributed by atoms with Gasteiger partial charge in [-0.05, 0) is 48.6 Å². The maximum absolute atomic E-state index is 12.4. The molecule has 6 heteroatoms. The second-order valence-corrected chi connectivity index (χ2v) is 9.26. The largest absolute Gasteiger partial charge is 0.493 e. The van der Waals surface area contributed by atoms with E-state index < -0.39 is 0 Å². The van der Waals surface area contributed by atoms with E-state index >= 15 is 0 Å². The molecule has 0 N–H and O–H groups in total. The highest BCUT2D eigenvalue weighted by atomic mass is 16.5. The molecule has 1 saturated heterocycles. The third kappa shape index (κ3) is 4.65. The molecule has 1 aliphatic carbocycles. The zero-order valence-corrected chi connectivity index (χ0v) is 19.6. The number of rotatable bonds is 6. The van der Waals surface area contributed by atoms with Crippen molar-refractivity contribution in [3.05, 3.63) is 54.9 Å². The third-order valence-electron chi connectivity index (χ3n) is 7.02. The van der Waals surface area contributed by atoms with Gasteiger partial charge in [0.2, 0.25) is 5.91 Å². The van der Waals surface area contributed by atoms with E-state index in [4.69, 9.17) is 9.47 Å². The number of nitrogens with zero attached hydrogens (tertiary/aromatic N) is 3. The lowest BCUT2D eigenvalue weighted by Crippen LogP contribution is -2.56. The summed E-state index contributed by atoms with van der Waals surface area (Å²) in [4.78, 5) is 16.8. The number of methoxy groups -OCH3 is 1. The maximum atomic E-state index is 12.4. The van der Waals surface area contributed by atoms with Crippen molar-refractivity contribution in [1.29, 1.82) is 0 Å². The molecule has 5 rings (SSSR count). The van der Waals surface area contributed by atoms with Gasteiger partial charge < -0.3 is 23.8 Å². The number of fused-ring (bicyclic) bond motifs is 1. The number of carbonyl (C=O) groups is 1.